The first kappa shape index (κ1) is 25.4. The average molecular weight is 466 g/mol. The monoisotopic (exact) mass is 465 g/mol. The molecule has 0 N–H and O–H groups in total. The summed E-state index contributed by atoms with van der Waals surface area (Å²) in [5, 5.41) is 0. The van der Waals surface area contributed by atoms with Crippen molar-refractivity contribution in [3.8, 4) is 0 Å². The molecule has 0 spiro atoms. The minimum atomic E-state index is -1.45. The third kappa shape index (κ3) is 6.02. The summed E-state index contributed by atoms with van der Waals surface area (Å²) in [6.07, 6.45) is 3.87. The van der Waals surface area contributed by atoms with E-state index in [0.29, 0.717) is 30.5 Å². The molecule has 0 aliphatic rings. The number of Topliss-reactive ketones (excluding diaryl/α,β-unsaturated/α-hetero) is 1. The number of rotatable bonds is 10. The Morgan fingerprint density at radius 2 is 1.47 bits per heavy atom. The van der Waals surface area contributed by atoms with E-state index in [1.807, 2.05) is 50.2 Å². The van der Waals surface area contributed by atoms with Crippen LogP contribution in [0, 0.1) is 17.5 Å². The van der Waals surface area contributed by atoms with E-state index in [1.54, 1.807) is 6.07 Å². The summed E-state index contributed by atoms with van der Waals surface area (Å²) in [5.41, 5.74) is 5.86. The van der Waals surface area contributed by atoms with Gasteiger partial charge in [-0.2, -0.15) is 0 Å². The standard InChI is InChI=1S/C29H30F3NO/c1-4-9-23(26-13-8-14-27(33-26)28(34)10-5-2)19(3)22-12-7-6-11-21(22)16-15-20-17-24(30)29(32)25(31)18-20/h6-8,11-14,17-18H,4-5,9-10,15-16H2,1-3H3/b23-19-. The van der Waals surface area contributed by atoms with E-state index in [1.165, 1.54) is 0 Å². The summed E-state index contributed by atoms with van der Waals surface area (Å²) in [4.78, 5) is 17.1. The van der Waals surface area contributed by atoms with Crippen molar-refractivity contribution < 1.29 is 18.0 Å². The summed E-state index contributed by atoms with van der Waals surface area (Å²) >= 11 is 0. The molecule has 1 aromatic heterocycles. The Balaban J connectivity index is 1.97. The molecule has 0 saturated heterocycles. The molecule has 3 rings (SSSR count). The van der Waals surface area contributed by atoms with Crippen LogP contribution in [0.4, 0.5) is 13.2 Å². The van der Waals surface area contributed by atoms with E-state index >= 15 is 0 Å². The highest BCUT2D eigenvalue weighted by molar-refractivity contribution is 5.95. The van der Waals surface area contributed by atoms with Crippen LogP contribution in [0.5, 0.6) is 0 Å². The smallest absolute Gasteiger partial charge is 0.194 e. The zero-order chi connectivity index (χ0) is 24.7. The molecule has 2 nitrogen and oxygen atoms in total. The van der Waals surface area contributed by atoms with Crippen LogP contribution in [0.1, 0.15) is 79.3 Å². The molecule has 0 aliphatic heterocycles. The second-order valence-corrected chi connectivity index (χ2v) is 8.47. The minimum Gasteiger partial charge on any atom is -0.292 e. The van der Waals surface area contributed by atoms with Gasteiger partial charge in [0.2, 0.25) is 0 Å². The maximum atomic E-state index is 13.6. The van der Waals surface area contributed by atoms with E-state index in [0.717, 1.165) is 59.4 Å². The molecular weight excluding hydrogens is 435 g/mol. The molecule has 1 heterocycles. The Hall–Kier alpha value is -3.21. The molecule has 0 unspecified atom stereocenters. The van der Waals surface area contributed by atoms with Gasteiger partial charge >= 0.3 is 0 Å². The minimum absolute atomic E-state index is 0.0389. The molecule has 34 heavy (non-hydrogen) atoms. The lowest BCUT2D eigenvalue weighted by atomic mass is 9.90. The summed E-state index contributed by atoms with van der Waals surface area (Å²) in [5.74, 6) is -3.75. The van der Waals surface area contributed by atoms with Crippen LogP contribution in [-0.2, 0) is 12.8 Å². The van der Waals surface area contributed by atoms with E-state index in [-0.39, 0.29) is 5.78 Å². The van der Waals surface area contributed by atoms with Crippen LogP contribution in [-0.4, -0.2) is 10.8 Å². The molecule has 0 aliphatic carbocycles. The average Bonchev–Trinajstić information content (AvgIpc) is 2.84. The zero-order valence-electron chi connectivity index (χ0n) is 19.9. The lowest BCUT2D eigenvalue weighted by Gasteiger charge is -2.16. The van der Waals surface area contributed by atoms with Gasteiger partial charge in [0, 0.05) is 6.42 Å². The number of aryl methyl sites for hydroxylation is 2. The number of allylic oxidation sites excluding steroid dienone is 2. The SMILES string of the molecule is CCCC(=O)c1cccc(/C(CCC)=C(/C)c2ccccc2CCc2cc(F)c(F)c(F)c2)n1. The van der Waals surface area contributed by atoms with Crippen molar-refractivity contribution >= 4 is 16.9 Å². The molecular formula is C29H30F3NO. The fourth-order valence-electron chi connectivity index (χ4n) is 4.17. The maximum absolute atomic E-state index is 13.6. The van der Waals surface area contributed by atoms with E-state index in [4.69, 9.17) is 0 Å². The van der Waals surface area contributed by atoms with Crippen molar-refractivity contribution in [2.45, 2.75) is 59.3 Å². The fourth-order valence-corrected chi connectivity index (χ4v) is 4.17. The number of benzene rings is 2. The summed E-state index contributed by atoms with van der Waals surface area (Å²) in [6, 6.07) is 15.6. The molecule has 2 aromatic carbocycles. The molecule has 178 valence electrons. The van der Waals surface area contributed by atoms with Crippen LogP contribution >= 0.6 is 0 Å². The van der Waals surface area contributed by atoms with Gasteiger partial charge in [-0.1, -0.05) is 50.6 Å². The lowest BCUT2D eigenvalue weighted by Crippen LogP contribution is -2.05. The Morgan fingerprint density at radius 1 is 0.824 bits per heavy atom. The number of aromatic nitrogens is 1. The maximum Gasteiger partial charge on any atom is 0.194 e. The van der Waals surface area contributed by atoms with Gasteiger partial charge in [0.15, 0.2) is 23.2 Å². The van der Waals surface area contributed by atoms with Crippen molar-refractivity contribution in [1.82, 2.24) is 4.98 Å². The fraction of sp³-hybridized carbons (Fsp3) is 0.310. The van der Waals surface area contributed by atoms with Gasteiger partial charge in [0.05, 0.1) is 5.69 Å². The summed E-state index contributed by atoms with van der Waals surface area (Å²) < 4.78 is 40.6. The third-order valence-electron chi connectivity index (χ3n) is 5.92. The number of halogens is 3. The number of carbonyl (C=O) groups is 1. The van der Waals surface area contributed by atoms with Gasteiger partial charge < -0.3 is 0 Å². The van der Waals surface area contributed by atoms with Crippen LogP contribution in [0.15, 0.2) is 54.6 Å². The molecule has 0 amide bonds. The number of ketones is 1. The molecule has 0 atom stereocenters. The summed E-state index contributed by atoms with van der Waals surface area (Å²) in [6.45, 7) is 6.12. The Morgan fingerprint density at radius 3 is 2.15 bits per heavy atom. The van der Waals surface area contributed by atoms with Gasteiger partial charge in [-0.25, -0.2) is 18.2 Å². The van der Waals surface area contributed by atoms with E-state index in [2.05, 4.69) is 11.9 Å². The van der Waals surface area contributed by atoms with Gasteiger partial charge in [-0.3, -0.25) is 4.79 Å². The Labute approximate surface area is 199 Å². The van der Waals surface area contributed by atoms with Crippen LogP contribution in [0.3, 0.4) is 0 Å². The number of nitrogens with zero attached hydrogens (tertiary/aromatic N) is 1. The first-order chi connectivity index (χ1) is 16.3. The third-order valence-corrected chi connectivity index (χ3v) is 5.92. The normalized spacial score (nSPS) is 11.9. The Kier molecular flexibility index (Phi) is 8.80. The topological polar surface area (TPSA) is 30.0 Å². The number of hydrogen-bond donors (Lipinski definition) is 0. The van der Waals surface area contributed by atoms with Gasteiger partial charge in [0.25, 0.3) is 0 Å². The van der Waals surface area contributed by atoms with Crippen molar-refractivity contribution in [3.63, 3.8) is 0 Å². The number of pyridine rings is 1. The first-order valence-electron chi connectivity index (χ1n) is 11.8. The van der Waals surface area contributed by atoms with Crippen LogP contribution in [0.25, 0.3) is 11.1 Å². The molecule has 0 radical (unpaired) electrons. The second-order valence-electron chi connectivity index (χ2n) is 8.47. The molecule has 5 heteroatoms. The number of hydrogen-bond acceptors (Lipinski definition) is 2. The van der Waals surface area contributed by atoms with Gasteiger partial charge in [0.1, 0.15) is 5.69 Å². The van der Waals surface area contributed by atoms with Crippen LogP contribution in [0.2, 0.25) is 0 Å². The van der Waals surface area contributed by atoms with E-state index < -0.39 is 17.5 Å². The highest BCUT2D eigenvalue weighted by Gasteiger charge is 2.15. The van der Waals surface area contributed by atoms with Gasteiger partial charge in [-0.15, -0.1) is 0 Å². The highest BCUT2D eigenvalue weighted by Crippen LogP contribution is 2.31. The second kappa shape index (κ2) is 11.8. The molecule has 0 saturated carbocycles. The quantitative estimate of drug-likeness (QED) is 0.224. The predicted molar refractivity (Wildman–Crippen MR) is 131 cm³/mol. The van der Waals surface area contributed by atoms with Crippen molar-refractivity contribution in [2.75, 3.05) is 0 Å². The highest BCUT2D eigenvalue weighted by atomic mass is 19.2. The largest absolute Gasteiger partial charge is 0.292 e. The lowest BCUT2D eigenvalue weighted by molar-refractivity contribution is 0.0977. The van der Waals surface area contributed by atoms with Gasteiger partial charge in [-0.05, 0) is 84.7 Å². The molecule has 0 fully saturated rings. The first-order valence-corrected chi connectivity index (χ1v) is 11.8. The Bertz CT molecular complexity index is 1180. The molecule has 0 bridgehead atoms. The molecule has 3 aromatic rings. The zero-order valence-corrected chi connectivity index (χ0v) is 19.9. The summed E-state index contributed by atoms with van der Waals surface area (Å²) in [7, 11) is 0. The van der Waals surface area contributed by atoms with E-state index in [9.17, 15) is 18.0 Å². The van der Waals surface area contributed by atoms with Crippen molar-refractivity contribution in [1.29, 1.82) is 0 Å². The number of carbonyl (C=O) groups excluding carboxylic acids is 1. The predicted octanol–water partition coefficient (Wildman–Crippen LogP) is 8.00. The van der Waals surface area contributed by atoms with Crippen molar-refractivity contribution in [2.24, 2.45) is 0 Å². The van der Waals surface area contributed by atoms with Crippen molar-refractivity contribution in [3.05, 3.63) is 100 Å². The van der Waals surface area contributed by atoms with Crippen LogP contribution < -0.4 is 0 Å².